The minimum absolute atomic E-state index is 0.271. The second-order valence-electron chi connectivity index (χ2n) is 7.50. The van der Waals surface area contributed by atoms with Crippen molar-refractivity contribution in [2.45, 2.75) is 51.9 Å². The molecule has 3 nitrogen and oxygen atoms in total. The molecule has 0 unspecified atom stereocenters. The first kappa shape index (κ1) is 15.8. The zero-order chi connectivity index (χ0) is 16.0. The first-order chi connectivity index (χ1) is 10.3. The van der Waals surface area contributed by atoms with Crippen molar-refractivity contribution in [1.82, 2.24) is 4.90 Å². The fourth-order valence-electron chi connectivity index (χ4n) is 2.97. The summed E-state index contributed by atoms with van der Waals surface area (Å²) in [5, 5.41) is 0. The number of likely N-dealkylation sites (N-methyl/N-ethyl adjacent to an activating group) is 1. The maximum atomic E-state index is 6.00. The van der Waals surface area contributed by atoms with E-state index < -0.39 is 0 Å². The van der Waals surface area contributed by atoms with Gasteiger partial charge in [-0.15, -0.1) is 0 Å². The number of hydrogen-bond donors (Lipinski definition) is 0. The summed E-state index contributed by atoms with van der Waals surface area (Å²) in [5.41, 5.74) is 3.58. The van der Waals surface area contributed by atoms with Gasteiger partial charge in [0.2, 0.25) is 0 Å². The van der Waals surface area contributed by atoms with Crippen molar-refractivity contribution in [3.05, 3.63) is 40.9 Å². The van der Waals surface area contributed by atoms with Crippen molar-refractivity contribution in [2.24, 2.45) is 0 Å². The lowest BCUT2D eigenvalue weighted by Crippen LogP contribution is -2.41. The molecule has 0 atom stereocenters. The van der Waals surface area contributed by atoms with E-state index in [4.69, 9.17) is 9.31 Å². The van der Waals surface area contributed by atoms with E-state index in [1.165, 1.54) is 16.7 Å². The van der Waals surface area contributed by atoms with E-state index in [-0.39, 0.29) is 18.3 Å². The smallest absolute Gasteiger partial charge is 0.400 e. The fourth-order valence-corrected chi connectivity index (χ4v) is 2.97. The normalized spacial score (nSPS) is 24.0. The molecule has 3 rings (SSSR count). The first-order valence-corrected chi connectivity index (χ1v) is 8.11. The van der Waals surface area contributed by atoms with Crippen LogP contribution in [0.2, 0.25) is 0 Å². The summed E-state index contributed by atoms with van der Waals surface area (Å²) in [5.74, 6) is 2.02. The molecule has 0 aliphatic carbocycles. The quantitative estimate of drug-likeness (QED) is 0.782. The maximum Gasteiger partial charge on any atom is 0.487 e. The summed E-state index contributed by atoms with van der Waals surface area (Å²) in [6.45, 7) is 10.5. The van der Waals surface area contributed by atoms with E-state index in [1.54, 1.807) is 0 Å². The van der Waals surface area contributed by atoms with Gasteiger partial charge >= 0.3 is 7.12 Å². The van der Waals surface area contributed by atoms with Gasteiger partial charge in [0, 0.05) is 13.1 Å². The highest BCUT2D eigenvalue weighted by Crippen LogP contribution is 2.37. The topological polar surface area (TPSA) is 21.7 Å². The molecule has 1 aromatic carbocycles. The average molecular weight is 299 g/mol. The third-order valence-corrected chi connectivity index (χ3v) is 5.15. The Balaban J connectivity index is 1.72. The average Bonchev–Trinajstić information content (AvgIpc) is 2.64. The third-order valence-electron chi connectivity index (χ3n) is 5.15. The number of nitrogens with zero attached hydrogens (tertiary/aromatic N) is 1. The third kappa shape index (κ3) is 3.01. The van der Waals surface area contributed by atoms with Crippen LogP contribution in [0.3, 0.4) is 0 Å². The largest absolute Gasteiger partial charge is 0.487 e. The van der Waals surface area contributed by atoms with E-state index in [9.17, 15) is 0 Å². The van der Waals surface area contributed by atoms with Gasteiger partial charge < -0.3 is 14.2 Å². The fraction of sp³-hybridized carbons (Fsp3) is 0.556. The van der Waals surface area contributed by atoms with E-state index in [1.807, 2.05) is 5.98 Å². The van der Waals surface area contributed by atoms with Gasteiger partial charge in [0.05, 0.1) is 11.2 Å². The standard InChI is InChI=1S/C18H26BNO2/c1-17(2)18(3,4)22-19(21-17)10-8-14-6-7-16-13-20(5)11-9-15(16)12-14/h6-8,10,12H,9,11,13H2,1-5H3/b10-8+. The molecule has 1 aromatic rings. The summed E-state index contributed by atoms with van der Waals surface area (Å²) in [6.07, 6.45) is 3.24. The predicted octanol–water partition coefficient (Wildman–Crippen LogP) is 3.32. The molecule has 4 heteroatoms. The molecule has 2 aliphatic heterocycles. The second-order valence-corrected chi connectivity index (χ2v) is 7.50. The van der Waals surface area contributed by atoms with Gasteiger partial charge in [-0.2, -0.15) is 0 Å². The van der Waals surface area contributed by atoms with Gasteiger partial charge in [0.1, 0.15) is 0 Å². The van der Waals surface area contributed by atoms with Crippen LogP contribution in [0.1, 0.15) is 44.4 Å². The summed E-state index contributed by atoms with van der Waals surface area (Å²) in [4.78, 5) is 2.36. The van der Waals surface area contributed by atoms with Crippen molar-refractivity contribution in [3.63, 3.8) is 0 Å². The maximum absolute atomic E-state index is 6.00. The molecular weight excluding hydrogens is 273 g/mol. The lowest BCUT2D eigenvalue weighted by Gasteiger charge is -2.32. The summed E-state index contributed by atoms with van der Waals surface area (Å²) in [7, 11) is 1.90. The number of benzene rings is 1. The Bertz CT molecular complexity index is 579. The van der Waals surface area contributed by atoms with Crippen molar-refractivity contribution in [2.75, 3.05) is 13.6 Å². The number of hydrogen-bond acceptors (Lipinski definition) is 3. The van der Waals surface area contributed by atoms with Gasteiger partial charge in [0.15, 0.2) is 0 Å². The first-order valence-electron chi connectivity index (χ1n) is 8.11. The molecule has 0 spiro atoms. The molecule has 22 heavy (non-hydrogen) atoms. The van der Waals surface area contributed by atoms with Gasteiger partial charge in [-0.25, -0.2) is 0 Å². The highest BCUT2D eigenvalue weighted by Gasteiger charge is 2.49. The highest BCUT2D eigenvalue weighted by atomic mass is 16.7. The molecule has 2 aliphatic rings. The zero-order valence-electron chi connectivity index (χ0n) is 14.3. The Kier molecular flexibility index (Phi) is 3.96. The van der Waals surface area contributed by atoms with Crippen LogP contribution in [0.5, 0.6) is 0 Å². The molecule has 0 N–H and O–H groups in total. The van der Waals surface area contributed by atoms with Crippen molar-refractivity contribution >= 4 is 13.2 Å². The summed E-state index contributed by atoms with van der Waals surface area (Å²) < 4.78 is 12.0. The Morgan fingerprint density at radius 1 is 1.09 bits per heavy atom. The van der Waals surface area contributed by atoms with Gasteiger partial charge in [0.25, 0.3) is 0 Å². The predicted molar refractivity (Wildman–Crippen MR) is 91.6 cm³/mol. The molecule has 118 valence electrons. The molecule has 0 amide bonds. The zero-order valence-corrected chi connectivity index (χ0v) is 14.3. The van der Waals surface area contributed by atoms with Crippen LogP contribution in [0, 0.1) is 0 Å². The Hall–Kier alpha value is -1.10. The van der Waals surface area contributed by atoms with Crippen LogP contribution in [-0.2, 0) is 22.3 Å². The monoisotopic (exact) mass is 299 g/mol. The van der Waals surface area contributed by atoms with Crippen LogP contribution >= 0.6 is 0 Å². The Morgan fingerprint density at radius 3 is 2.45 bits per heavy atom. The van der Waals surface area contributed by atoms with Gasteiger partial charge in [-0.3, -0.25) is 0 Å². The van der Waals surface area contributed by atoms with Crippen LogP contribution in [-0.4, -0.2) is 36.8 Å². The lowest BCUT2D eigenvalue weighted by molar-refractivity contribution is 0.00578. The molecule has 0 bridgehead atoms. The van der Waals surface area contributed by atoms with Crippen LogP contribution in [0.25, 0.3) is 6.08 Å². The highest BCUT2D eigenvalue weighted by molar-refractivity contribution is 6.52. The van der Waals surface area contributed by atoms with Crippen LogP contribution in [0.4, 0.5) is 0 Å². The SMILES string of the molecule is CN1CCc2cc(/C=C/B3OC(C)(C)C(C)(C)O3)ccc2C1. The molecule has 0 aromatic heterocycles. The van der Waals surface area contributed by atoms with Crippen LogP contribution < -0.4 is 0 Å². The van der Waals surface area contributed by atoms with Crippen molar-refractivity contribution in [1.29, 1.82) is 0 Å². The van der Waals surface area contributed by atoms with Gasteiger partial charge in [-0.05, 0) is 57.9 Å². The van der Waals surface area contributed by atoms with E-state index in [2.05, 4.69) is 63.9 Å². The van der Waals surface area contributed by atoms with Crippen molar-refractivity contribution < 1.29 is 9.31 Å². The minimum Gasteiger partial charge on any atom is -0.400 e. The molecule has 0 saturated carbocycles. The Morgan fingerprint density at radius 2 is 1.77 bits per heavy atom. The summed E-state index contributed by atoms with van der Waals surface area (Å²) >= 11 is 0. The molecular formula is C18H26BNO2. The molecule has 2 heterocycles. The number of rotatable bonds is 2. The van der Waals surface area contributed by atoms with E-state index >= 15 is 0 Å². The van der Waals surface area contributed by atoms with Crippen molar-refractivity contribution in [3.8, 4) is 0 Å². The molecule has 1 saturated heterocycles. The Labute approximate surface area is 134 Å². The molecule has 0 radical (unpaired) electrons. The number of fused-ring (bicyclic) bond motifs is 1. The minimum atomic E-state index is -0.275. The molecule has 1 fully saturated rings. The van der Waals surface area contributed by atoms with Gasteiger partial charge in [-0.1, -0.05) is 30.3 Å². The second kappa shape index (κ2) is 5.52. The summed E-state index contributed by atoms with van der Waals surface area (Å²) in [6, 6.07) is 6.72. The van der Waals surface area contributed by atoms with Crippen LogP contribution in [0.15, 0.2) is 24.2 Å². The lowest BCUT2D eigenvalue weighted by atomic mass is 9.88. The van der Waals surface area contributed by atoms with E-state index in [0.717, 1.165) is 19.5 Å². The van der Waals surface area contributed by atoms with E-state index in [0.29, 0.717) is 0 Å².